The molecule has 3 nitrogen and oxygen atoms in total. The van der Waals surface area contributed by atoms with Gasteiger partial charge in [-0.25, -0.2) is 0 Å². The summed E-state index contributed by atoms with van der Waals surface area (Å²) in [6.07, 6.45) is 4.46. The van der Waals surface area contributed by atoms with Crippen LogP contribution >= 0.6 is 11.8 Å². The van der Waals surface area contributed by atoms with Crippen LogP contribution < -0.4 is 5.32 Å². The van der Waals surface area contributed by atoms with Crippen molar-refractivity contribution in [1.29, 1.82) is 0 Å². The predicted molar refractivity (Wildman–Crippen MR) is 61.6 cm³/mol. The summed E-state index contributed by atoms with van der Waals surface area (Å²) >= 11 is 1.82. The fraction of sp³-hybridized carbons (Fsp3) is 0.900. The number of likely N-dealkylation sites (N-methyl/N-ethyl adjacent to an activating group) is 1. The lowest BCUT2D eigenvalue weighted by Crippen LogP contribution is -2.38. The Hall–Kier alpha value is -0.220. The largest absolute Gasteiger partial charge is 0.342 e. The highest BCUT2D eigenvalue weighted by Crippen LogP contribution is 2.24. The van der Waals surface area contributed by atoms with Crippen LogP contribution in [0.25, 0.3) is 0 Å². The zero-order chi connectivity index (χ0) is 10.6. The van der Waals surface area contributed by atoms with Crippen LogP contribution in [0.4, 0.5) is 0 Å². The van der Waals surface area contributed by atoms with E-state index in [9.17, 15) is 4.79 Å². The number of amides is 1. The molecule has 0 aliphatic heterocycles. The molecule has 0 radical (unpaired) electrons. The van der Waals surface area contributed by atoms with Gasteiger partial charge in [-0.2, -0.15) is 11.8 Å². The van der Waals surface area contributed by atoms with Crippen molar-refractivity contribution in [2.45, 2.75) is 31.1 Å². The molecule has 0 aromatic heterocycles. The molecule has 0 heterocycles. The maximum Gasteiger partial charge on any atom is 0.236 e. The van der Waals surface area contributed by atoms with Crippen molar-refractivity contribution in [2.24, 2.45) is 0 Å². The van der Waals surface area contributed by atoms with E-state index in [0.29, 0.717) is 17.8 Å². The average Bonchev–Trinajstić information content (AvgIpc) is 2.99. The predicted octanol–water partition coefficient (Wildman–Crippen LogP) is 0.948. The molecule has 1 aliphatic rings. The second-order valence-electron chi connectivity index (χ2n) is 3.91. The summed E-state index contributed by atoms with van der Waals surface area (Å²) < 4.78 is 0. The lowest BCUT2D eigenvalue weighted by molar-refractivity contribution is -0.129. The van der Waals surface area contributed by atoms with E-state index in [1.54, 1.807) is 0 Å². The molecule has 0 bridgehead atoms. The molecule has 1 fully saturated rings. The Bertz CT molecular complexity index is 195. The molecule has 82 valence electrons. The molecule has 1 atom stereocenters. The van der Waals surface area contributed by atoms with E-state index in [0.717, 1.165) is 6.54 Å². The van der Waals surface area contributed by atoms with Gasteiger partial charge in [0.15, 0.2) is 0 Å². The quantitative estimate of drug-likeness (QED) is 0.717. The van der Waals surface area contributed by atoms with E-state index in [-0.39, 0.29) is 5.91 Å². The molecule has 4 heteroatoms. The van der Waals surface area contributed by atoms with E-state index in [4.69, 9.17) is 0 Å². The second-order valence-corrected chi connectivity index (χ2v) is 5.19. The summed E-state index contributed by atoms with van der Waals surface area (Å²) in [7, 11) is 1.90. The molecule has 0 spiro atoms. The van der Waals surface area contributed by atoms with Crippen LogP contribution in [-0.4, -0.2) is 48.5 Å². The van der Waals surface area contributed by atoms with Gasteiger partial charge in [0.05, 0.1) is 6.54 Å². The van der Waals surface area contributed by atoms with Gasteiger partial charge in [0.1, 0.15) is 0 Å². The van der Waals surface area contributed by atoms with Crippen LogP contribution in [0.15, 0.2) is 0 Å². The van der Waals surface area contributed by atoms with Gasteiger partial charge < -0.3 is 10.2 Å². The molecule has 1 saturated carbocycles. The van der Waals surface area contributed by atoms with Crippen LogP contribution in [0.5, 0.6) is 0 Å². The van der Waals surface area contributed by atoms with Crippen molar-refractivity contribution >= 4 is 17.7 Å². The van der Waals surface area contributed by atoms with E-state index >= 15 is 0 Å². The maximum atomic E-state index is 11.6. The standard InChI is InChI=1S/C10H20N2OS/c1-8(14-3)6-11-7-10(13)12(2)9-4-5-9/h8-9,11H,4-7H2,1-3H3. The highest BCUT2D eigenvalue weighted by atomic mass is 32.2. The molecule has 1 rings (SSSR count). The average molecular weight is 216 g/mol. The van der Waals surface area contributed by atoms with Crippen LogP contribution in [0, 0.1) is 0 Å². The zero-order valence-electron chi connectivity index (χ0n) is 9.25. The number of hydrogen-bond donors (Lipinski definition) is 1. The molecule has 14 heavy (non-hydrogen) atoms. The van der Waals surface area contributed by atoms with Crippen molar-refractivity contribution in [1.82, 2.24) is 10.2 Å². The third-order valence-corrected chi connectivity index (χ3v) is 3.57. The van der Waals surface area contributed by atoms with Crippen molar-refractivity contribution in [3.8, 4) is 0 Å². The van der Waals surface area contributed by atoms with Gasteiger partial charge in [-0.15, -0.1) is 0 Å². The molecule has 1 aliphatic carbocycles. The van der Waals surface area contributed by atoms with Crippen molar-refractivity contribution in [3.05, 3.63) is 0 Å². The molecule has 1 unspecified atom stereocenters. The topological polar surface area (TPSA) is 32.3 Å². The fourth-order valence-corrected chi connectivity index (χ4v) is 1.54. The summed E-state index contributed by atoms with van der Waals surface area (Å²) in [5, 5.41) is 3.77. The molecule has 1 amide bonds. The Morgan fingerprint density at radius 1 is 1.64 bits per heavy atom. The number of thioether (sulfide) groups is 1. The molecule has 1 N–H and O–H groups in total. The van der Waals surface area contributed by atoms with E-state index in [2.05, 4.69) is 18.5 Å². The van der Waals surface area contributed by atoms with Gasteiger partial charge in [0.25, 0.3) is 0 Å². The Morgan fingerprint density at radius 3 is 2.79 bits per heavy atom. The molecule has 0 aromatic carbocycles. The van der Waals surface area contributed by atoms with Gasteiger partial charge in [0, 0.05) is 24.9 Å². The number of carbonyl (C=O) groups excluding carboxylic acids is 1. The summed E-state index contributed by atoms with van der Waals surface area (Å²) in [5.74, 6) is 0.223. The van der Waals surface area contributed by atoms with Crippen molar-refractivity contribution in [3.63, 3.8) is 0 Å². The van der Waals surface area contributed by atoms with Crippen LogP contribution in [0.3, 0.4) is 0 Å². The van der Waals surface area contributed by atoms with Crippen LogP contribution in [0.1, 0.15) is 19.8 Å². The highest BCUT2D eigenvalue weighted by molar-refractivity contribution is 7.99. The second kappa shape index (κ2) is 5.61. The smallest absolute Gasteiger partial charge is 0.236 e. The first-order valence-corrected chi connectivity index (χ1v) is 6.43. The summed E-state index contributed by atoms with van der Waals surface area (Å²) in [6, 6.07) is 0.530. The molecular weight excluding hydrogens is 196 g/mol. The van der Waals surface area contributed by atoms with E-state index in [1.807, 2.05) is 23.7 Å². The van der Waals surface area contributed by atoms with Crippen molar-refractivity contribution < 1.29 is 4.79 Å². The van der Waals surface area contributed by atoms with Gasteiger partial charge in [-0.3, -0.25) is 4.79 Å². The number of carbonyl (C=O) groups is 1. The monoisotopic (exact) mass is 216 g/mol. The Labute approximate surface area is 90.6 Å². The first-order chi connectivity index (χ1) is 6.65. The number of rotatable bonds is 6. The molecular formula is C10H20N2OS. The minimum atomic E-state index is 0.223. The third-order valence-electron chi connectivity index (χ3n) is 2.60. The van der Waals surface area contributed by atoms with Crippen LogP contribution in [-0.2, 0) is 4.79 Å². The SMILES string of the molecule is CSC(C)CNCC(=O)N(C)C1CC1. The lowest BCUT2D eigenvalue weighted by atomic mass is 10.4. The highest BCUT2D eigenvalue weighted by Gasteiger charge is 2.28. The number of nitrogens with zero attached hydrogens (tertiary/aromatic N) is 1. The first kappa shape index (κ1) is 11.9. The van der Waals surface area contributed by atoms with Gasteiger partial charge in [0.2, 0.25) is 5.91 Å². The lowest BCUT2D eigenvalue weighted by Gasteiger charge is -2.17. The van der Waals surface area contributed by atoms with Gasteiger partial charge >= 0.3 is 0 Å². The van der Waals surface area contributed by atoms with E-state index in [1.165, 1.54) is 12.8 Å². The Balaban J connectivity index is 2.08. The first-order valence-electron chi connectivity index (χ1n) is 5.14. The molecule has 0 aromatic rings. The molecule has 0 saturated heterocycles. The number of nitrogens with one attached hydrogen (secondary N) is 1. The summed E-state index contributed by atoms with van der Waals surface area (Å²) in [4.78, 5) is 13.4. The normalized spacial score (nSPS) is 17.9. The zero-order valence-corrected chi connectivity index (χ0v) is 10.1. The van der Waals surface area contributed by atoms with Crippen LogP contribution in [0.2, 0.25) is 0 Å². The third kappa shape index (κ3) is 3.88. The van der Waals surface area contributed by atoms with Gasteiger partial charge in [-0.05, 0) is 19.1 Å². The van der Waals surface area contributed by atoms with E-state index < -0.39 is 0 Å². The van der Waals surface area contributed by atoms with Crippen molar-refractivity contribution in [2.75, 3.05) is 26.4 Å². The minimum Gasteiger partial charge on any atom is -0.342 e. The Kier molecular flexibility index (Phi) is 4.75. The van der Waals surface area contributed by atoms with Gasteiger partial charge in [-0.1, -0.05) is 6.92 Å². The fourth-order valence-electron chi connectivity index (χ4n) is 1.26. The minimum absolute atomic E-state index is 0.223. The summed E-state index contributed by atoms with van der Waals surface area (Å²) in [5.41, 5.74) is 0. The Morgan fingerprint density at radius 2 is 2.29 bits per heavy atom. The summed E-state index contributed by atoms with van der Waals surface area (Å²) in [6.45, 7) is 3.55. The maximum absolute atomic E-state index is 11.6. The number of hydrogen-bond acceptors (Lipinski definition) is 3.